The highest BCUT2D eigenvalue weighted by Crippen LogP contribution is 2.30. The zero-order chi connectivity index (χ0) is 28.9. The van der Waals surface area contributed by atoms with Gasteiger partial charge in [0.25, 0.3) is 0 Å². The van der Waals surface area contributed by atoms with Gasteiger partial charge in [-0.05, 0) is 24.5 Å². The van der Waals surface area contributed by atoms with Crippen molar-refractivity contribution in [2.75, 3.05) is 18.7 Å². The Morgan fingerprint density at radius 2 is 1.57 bits per heavy atom. The molecular formula is C28H29ClN2O8S. The van der Waals surface area contributed by atoms with Crippen LogP contribution in [0.3, 0.4) is 0 Å². The van der Waals surface area contributed by atoms with Crippen molar-refractivity contribution in [3.63, 3.8) is 0 Å². The van der Waals surface area contributed by atoms with Gasteiger partial charge in [-0.25, -0.2) is 19.5 Å². The van der Waals surface area contributed by atoms with Crippen molar-refractivity contribution >= 4 is 51.7 Å². The summed E-state index contributed by atoms with van der Waals surface area (Å²) >= 11 is 7.34. The van der Waals surface area contributed by atoms with Gasteiger partial charge < -0.3 is 24.1 Å². The number of methoxy groups -OCH3 is 1. The van der Waals surface area contributed by atoms with E-state index in [4.69, 9.17) is 30.5 Å². The molecule has 1 heterocycles. The normalized spacial score (nSPS) is 12.3. The van der Waals surface area contributed by atoms with Crippen molar-refractivity contribution in [3.8, 4) is 0 Å². The summed E-state index contributed by atoms with van der Waals surface area (Å²) in [6.07, 6.45) is -1.57. The SMILES string of the molecule is COC(C)OCN(C(=O)OCc1ccccc1)c1nc(C(C(=O)O)=C(Cl)CCC(=O)OCc2ccccc2)cs1. The van der Waals surface area contributed by atoms with Crippen molar-refractivity contribution < 1.29 is 38.4 Å². The number of carboxylic acids is 1. The molecule has 1 atom stereocenters. The van der Waals surface area contributed by atoms with E-state index >= 15 is 0 Å². The molecular weight excluding hydrogens is 560 g/mol. The maximum atomic E-state index is 13.0. The lowest BCUT2D eigenvalue weighted by Gasteiger charge is -2.21. The van der Waals surface area contributed by atoms with Crippen LogP contribution in [0.1, 0.15) is 36.6 Å². The van der Waals surface area contributed by atoms with Crippen molar-refractivity contribution in [1.82, 2.24) is 4.98 Å². The number of halogens is 1. The van der Waals surface area contributed by atoms with Gasteiger partial charge >= 0.3 is 18.0 Å². The number of carbonyl (C=O) groups is 3. The fourth-order valence-corrected chi connectivity index (χ4v) is 4.31. The van der Waals surface area contributed by atoms with Crippen LogP contribution in [-0.2, 0) is 41.8 Å². The number of allylic oxidation sites excluding steroid dienone is 1. The second-order valence-electron chi connectivity index (χ2n) is 8.31. The van der Waals surface area contributed by atoms with Crippen LogP contribution in [0.4, 0.5) is 9.93 Å². The third-order valence-corrected chi connectivity index (χ3v) is 6.69. The first-order chi connectivity index (χ1) is 19.3. The zero-order valence-electron chi connectivity index (χ0n) is 21.9. The van der Waals surface area contributed by atoms with Crippen molar-refractivity contribution in [3.05, 3.63) is 87.9 Å². The molecule has 1 aromatic heterocycles. The predicted molar refractivity (Wildman–Crippen MR) is 150 cm³/mol. The number of carbonyl (C=O) groups excluding carboxylic acids is 2. The van der Waals surface area contributed by atoms with Crippen LogP contribution in [0.5, 0.6) is 0 Å². The van der Waals surface area contributed by atoms with Gasteiger partial charge in [0.1, 0.15) is 25.5 Å². The van der Waals surface area contributed by atoms with Crippen molar-refractivity contribution in [1.29, 1.82) is 0 Å². The minimum atomic E-state index is -1.33. The average molecular weight is 589 g/mol. The summed E-state index contributed by atoms with van der Waals surface area (Å²) in [5.41, 5.74) is 1.35. The second kappa shape index (κ2) is 15.7. The number of anilines is 1. The molecule has 1 amide bonds. The molecule has 3 rings (SSSR count). The molecule has 3 aromatic rings. The van der Waals surface area contributed by atoms with E-state index in [1.807, 2.05) is 60.7 Å². The zero-order valence-corrected chi connectivity index (χ0v) is 23.5. The van der Waals surface area contributed by atoms with Crippen molar-refractivity contribution in [2.45, 2.75) is 39.3 Å². The minimum Gasteiger partial charge on any atom is -0.478 e. The fraction of sp³-hybridized carbons (Fsp3) is 0.286. The van der Waals surface area contributed by atoms with Crippen molar-refractivity contribution in [2.24, 2.45) is 0 Å². The van der Waals surface area contributed by atoms with Gasteiger partial charge in [-0.2, -0.15) is 0 Å². The van der Waals surface area contributed by atoms with Gasteiger partial charge in [0.05, 0.1) is 12.1 Å². The predicted octanol–water partition coefficient (Wildman–Crippen LogP) is 5.81. The number of hydrogen-bond donors (Lipinski definition) is 1. The van der Waals surface area contributed by atoms with E-state index in [2.05, 4.69) is 4.98 Å². The highest BCUT2D eigenvalue weighted by atomic mass is 35.5. The molecule has 12 heteroatoms. The molecule has 0 radical (unpaired) electrons. The minimum absolute atomic E-state index is 0.0146. The van der Waals surface area contributed by atoms with E-state index < -0.39 is 24.3 Å². The highest BCUT2D eigenvalue weighted by molar-refractivity contribution is 7.14. The lowest BCUT2D eigenvalue weighted by molar-refractivity contribution is -0.145. The van der Waals surface area contributed by atoms with Gasteiger partial charge in [0, 0.05) is 17.5 Å². The second-order valence-corrected chi connectivity index (χ2v) is 9.61. The average Bonchev–Trinajstić information content (AvgIpc) is 3.43. The number of benzene rings is 2. The Hall–Kier alpha value is -3.77. The fourth-order valence-electron chi connectivity index (χ4n) is 3.25. The molecule has 0 saturated heterocycles. The van der Waals surface area contributed by atoms with Crippen LogP contribution >= 0.6 is 22.9 Å². The summed E-state index contributed by atoms with van der Waals surface area (Å²) in [6, 6.07) is 18.3. The summed E-state index contributed by atoms with van der Waals surface area (Å²) in [4.78, 5) is 42.7. The van der Waals surface area contributed by atoms with E-state index in [9.17, 15) is 19.5 Å². The first kappa shape index (κ1) is 30.8. The van der Waals surface area contributed by atoms with Crippen LogP contribution in [0.2, 0.25) is 0 Å². The summed E-state index contributed by atoms with van der Waals surface area (Å²) < 4.78 is 21.3. The molecule has 1 unspecified atom stereocenters. The van der Waals surface area contributed by atoms with Gasteiger partial charge in [-0.3, -0.25) is 4.79 Å². The number of carboxylic acid groups (broad SMARTS) is 1. The molecule has 10 nitrogen and oxygen atoms in total. The first-order valence-corrected chi connectivity index (χ1v) is 13.4. The lowest BCUT2D eigenvalue weighted by Crippen LogP contribution is -2.35. The summed E-state index contributed by atoms with van der Waals surface area (Å²) in [5, 5.41) is 11.3. The Kier molecular flexibility index (Phi) is 12.1. The first-order valence-electron chi connectivity index (χ1n) is 12.2. The Labute approximate surface area is 240 Å². The molecule has 0 aliphatic rings. The Morgan fingerprint density at radius 1 is 0.975 bits per heavy atom. The number of nitrogens with zero attached hydrogens (tertiary/aromatic N) is 2. The topological polar surface area (TPSA) is 124 Å². The number of amides is 1. The van der Waals surface area contributed by atoms with Gasteiger partial charge in [0.2, 0.25) is 0 Å². The lowest BCUT2D eigenvalue weighted by atomic mass is 10.1. The molecule has 0 spiro atoms. The summed E-state index contributed by atoms with van der Waals surface area (Å²) in [5.74, 6) is -1.86. The molecule has 40 heavy (non-hydrogen) atoms. The number of esters is 1. The van der Waals surface area contributed by atoms with E-state index in [0.29, 0.717) is 0 Å². The Morgan fingerprint density at radius 3 is 2.15 bits per heavy atom. The third-order valence-electron chi connectivity index (χ3n) is 5.45. The Bertz CT molecular complexity index is 1300. The number of aliphatic carboxylic acids is 1. The van der Waals surface area contributed by atoms with Crippen LogP contribution in [0.25, 0.3) is 5.57 Å². The maximum absolute atomic E-state index is 13.0. The Balaban J connectivity index is 1.71. The van der Waals surface area contributed by atoms with E-state index in [1.165, 1.54) is 12.5 Å². The van der Waals surface area contributed by atoms with E-state index in [-0.39, 0.29) is 54.2 Å². The number of ether oxygens (including phenoxy) is 4. The maximum Gasteiger partial charge on any atom is 0.418 e. The molecule has 0 bridgehead atoms. The van der Waals surface area contributed by atoms with Gasteiger partial charge in [-0.1, -0.05) is 72.3 Å². The van der Waals surface area contributed by atoms with Gasteiger partial charge in [0.15, 0.2) is 11.4 Å². The third kappa shape index (κ3) is 9.45. The standard InChI is InChI=1S/C28H29ClN2O8S/c1-19(36-2)39-18-31(28(35)38-16-21-11-7-4-8-12-21)27-30-23(17-40-27)25(26(33)34)22(29)13-14-24(32)37-15-20-9-5-3-6-10-20/h3-12,17,19H,13-16,18H2,1-2H3,(H,33,34). The van der Waals surface area contributed by atoms with Crippen LogP contribution in [0, 0.1) is 0 Å². The van der Waals surface area contributed by atoms with Crippen LogP contribution in [-0.4, -0.2) is 48.3 Å². The highest BCUT2D eigenvalue weighted by Gasteiger charge is 2.25. The molecule has 0 aliphatic carbocycles. The smallest absolute Gasteiger partial charge is 0.418 e. The number of thiazole rings is 1. The van der Waals surface area contributed by atoms with E-state index in [0.717, 1.165) is 27.4 Å². The number of hydrogen-bond acceptors (Lipinski definition) is 9. The van der Waals surface area contributed by atoms with Gasteiger partial charge in [-0.15, -0.1) is 11.3 Å². The number of aromatic nitrogens is 1. The monoisotopic (exact) mass is 588 g/mol. The van der Waals surface area contributed by atoms with Crippen LogP contribution < -0.4 is 4.90 Å². The molecule has 2 aromatic carbocycles. The molecule has 0 aliphatic heterocycles. The largest absolute Gasteiger partial charge is 0.478 e. The molecule has 1 N–H and O–H groups in total. The molecule has 0 fully saturated rings. The van der Waals surface area contributed by atoms with Crippen LogP contribution in [0.15, 0.2) is 71.1 Å². The van der Waals surface area contributed by atoms with E-state index in [1.54, 1.807) is 6.92 Å². The summed E-state index contributed by atoms with van der Waals surface area (Å²) in [7, 11) is 1.45. The molecule has 212 valence electrons. The number of rotatable bonds is 14. The molecule has 0 saturated carbocycles. The quantitative estimate of drug-likeness (QED) is 0.141. The summed E-state index contributed by atoms with van der Waals surface area (Å²) in [6.45, 7) is 1.50.